The van der Waals surface area contributed by atoms with Crippen molar-refractivity contribution in [1.29, 1.82) is 10.5 Å². The highest BCUT2D eigenvalue weighted by atomic mass is 16.5. The fourth-order valence-electron chi connectivity index (χ4n) is 1.92. The molecule has 4 heteroatoms. The molecule has 114 valence electrons. The minimum absolute atomic E-state index is 0.0388. The zero-order chi connectivity index (χ0) is 16.5. The molecule has 2 aromatic carbocycles. The van der Waals surface area contributed by atoms with Gasteiger partial charge in [-0.15, -0.1) is 0 Å². The monoisotopic (exact) mass is 304 g/mol. The SMILES string of the molecule is Cc1ccc(OCCOc2ccccc2C=C(C#N)C#N)cc1. The van der Waals surface area contributed by atoms with Crippen molar-refractivity contribution in [1.82, 2.24) is 0 Å². The Balaban J connectivity index is 1.94. The molecule has 0 saturated carbocycles. The summed E-state index contributed by atoms with van der Waals surface area (Å²) in [6.45, 7) is 2.80. The lowest BCUT2D eigenvalue weighted by Gasteiger charge is -2.10. The summed E-state index contributed by atoms with van der Waals surface area (Å²) in [6, 6.07) is 18.7. The number of hydrogen-bond donors (Lipinski definition) is 0. The first-order chi connectivity index (χ1) is 11.2. The van der Waals surface area contributed by atoms with Gasteiger partial charge in [0.15, 0.2) is 0 Å². The maximum atomic E-state index is 8.84. The number of aryl methyl sites for hydroxylation is 1. The third-order valence-electron chi connectivity index (χ3n) is 3.09. The van der Waals surface area contributed by atoms with Crippen LogP contribution in [0.3, 0.4) is 0 Å². The number of nitrogens with zero attached hydrogens (tertiary/aromatic N) is 2. The first kappa shape index (κ1) is 16.1. The van der Waals surface area contributed by atoms with Gasteiger partial charge in [-0.2, -0.15) is 10.5 Å². The van der Waals surface area contributed by atoms with Gasteiger partial charge < -0.3 is 9.47 Å². The van der Waals surface area contributed by atoms with Crippen LogP contribution in [0.25, 0.3) is 6.08 Å². The van der Waals surface area contributed by atoms with Crippen LogP contribution < -0.4 is 9.47 Å². The number of ether oxygens (including phenoxy) is 2. The van der Waals surface area contributed by atoms with Crippen LogP contribution in [0.1, 0.15) is 11.1 Å². The standard InChI is InChI=1S/C19H16N2O2/c1-15-6-8-18(9-7-15)22-10-11-23-19-5-3-2-4-17(19)12-16(13-20)14-21/h2-9,12H,10-11H2,1H3. The quantitative estimate of drug-likeness (QED) is 0.600. The molecule has 0 heterocycles. The molecule has 0 aliphatic rings. The summed E-state index contributed by atoms with van der Waals surface area (Å²) in [7, 11) is 0. The van der Waals surface area contributed by atoms with Gasteiger partial charge in [0.05, 0.1) is 0 Å². The Kier molecular flexibility index (Phi) is 5.80. The van der Waals surface area contributed by atoms with E-state index in [-0.39, 0.29) is 5.57 Å². The van der Waals surface area contributed by atoms with Crippen LogP contribution in [0.2, 0.25) is 0 Å². The number of nitriles is 2. The summed E-state index contributed by atoms with van der Waals surface area (Å²) in [5.41, 5.74) is 1.91. The fraction of sp³-hybridized carbons (Fsp3) is 0.158. The van der Waals surface area contributed by atoms with Crippen molar-refractivity contribution in [3.8, 4) is 23.6 Å². The molecule has 0 radical (unpaired) electrons. The average Bonchev–Trinajstić information content (AvgIpc) is 2.59. The topological polar surface area (TPSA) is 66.0 Å². The molecule has 0 fully saturated rings. The molecule has 0 N–H and O–H groups in total. The summed E-state index contributed by atoms with van der Waals surface area (Å²) >= 11 is 0. The second kappa shape index (κ2) is 8.26. The lowest BCUT2D eigenvalue weighted by atomic mass is 10.1. The van der Waals surface area contributed by atoms with Crippen molar-refractivity contribution >= 4 is 6.08 Å². The van der Waals surface area contributed by atoms with E-state index >= 15 is 0 Å². The third-order valence-corrected chi connectivity index (χ3v) is 3.09. The second-order valence-electron chi connectivity index (χ2n) is 4.83. The predicted octanol–water partition coefficient (Wildman–Crippen LogP) is 3.88. The summed E-state index contributed by atoms with van der Waals surface area (Å²) in [5.74, 6) is 1.41. The minimum Gasteiger partial charge on any atom is -0.490 e. The van der Waals surface area contributed by atoms with Crippen molar-refractivity contribution in [2.24, 2.45) is 0 Å². The van der Waals surface area contributed by atoms with E-state index < -0.39 is 0 Å². The molecule has 0 spiro atoms. The van der Waals surface area contributed by atoms with Crippen LogP contribution in [0.15, 0.2) is 54.1 Å². The van der Waals surface area contributed by atoms with E-state index in [1.165, 1.54) is 11.6 Å². The molecule has 2 rings (SSSR count). The van der Waals surface area contributed by atoms with Gasteiger partial charge in [0.25, 0.3) is 0 Å². The Morgan fingerprint density at radius 1 is 0.957 bits per heavy atom. The minimum atomic E-state index is 0.0388. The van der Waals surface area contributed by atoms with Crippen LogP contribution >= 0.6 is 0 Å². The molecular weight excluding hydrogens is 288 g/mol. The van der Waals surface area contributed by atoms with Gasteiger partial charge in [0.1, 0.15) is 42.4 Å². The molecule has 0 saturated heterocycles. The molecule has 0 atom stereocenters. The molecule has 23 heavy (non-hydrogen) atoms. The summed E-state index contributed by atoms with van der Waals surface area (Å²) < 4.78 is 11.3. The van der Waals surface area contributed by atoms with Crippen molar-refractivity contribution in [2.45, 2.75) is 6.92 Å². The fourth-order valence-corrected chi connectivity index (χ4v) is 1.92. The maximum Gasteiger partial charge on any atom is 0.130 e. The molecule has 0 aliphatic heterocycles. The van der Waals surface area contributed by atoms with Crippen LogP contribution in [-0.2, 0) is 0 Å². The van der Waals surface area contributed by atoms with Crippen molar-refractivity contribution in [2.75, 3.05) is 13.2 Å². The highest BCUT2D eigenvalue weighted by Crippen LogP contribution is 2.21. The second-order valence-corrected chi connectivity index (χ2v) is 4.83. The molecule has 0 aliphatic carbocycles. The molecule has 0 amide bonds. The zero-order valence-corrected chi connectivity index (χ0v) is 12.8. The Morgan fingerprint density at radius 3 is 2.30 bits per heavy atom. The molecule has 2 aromatic rings. The highest BCUT2D eigenvalue weighted by molar-refractivity contribution is 5.66. The highest BCUT2D eigenvalue weighted by Gasteiger charge is 2.03. The van der Waals surface area contributed by atoms with Crippen LogP contribution in [0.4, 0.5) is 0 Å². The van der Waals surface area contributed by atoms with E-state index in [2.05, 4.69) is 0 Å². The van der Waals surface area contributed by atoms with Crippen molar-refractivity contribution < 1.29 is 9.47 Å². The molecule has 0 bridgehead atoms. The molecule has 4 nitrogen and oxygen atoms in total. The van der Waals surface area contributed by atoms with E-state index in [1.54, 1.807) is 12.1 Å². The largest absolute Gasteiger partial charge is 0.490 e. The van der Waals surface area contributed by atoms with Crippen molar-refractivity contribution in [3.63, 3.8) is 0 Å². The van der Waals surface area contributed by atoms with Crippen LogP contribution in [-0.4, -0.2) is 13.2 Å². The first-order valence-corrected chi connectivity index (χ1v) is 7.16. The summed E-state index contributed by atoms with van der Waals surface area (Å²) in [6.07, 6.45) is 1.51. The summed E-state index contributed by atoms with van der Waals surface area (Å²) in [5, 5.41) is 17.7. The lowest BCUT2D eigenvalue weighted by Crippen LogP contribution is -2.09. The predicted molar refractivity (Wildman–Crippen MR) is 87.8 cm³/mol. The number of hydrogen-bond acceptors (Lipinski definition) is 4. The molecule has 0 unspecified atom stereocenters. The lowest BCUT2D eigenvalue weighted by molar-refractivity contribution is 0.217. The Hall–Kier alpha value is -3.24. The van der Waals surface area contributed by atoms with E-state index in [0.29, 0.717) is 24.5 Å². The number of allylic oxidation sites excluding steroid dienone is 1. The van der Waals surface area contributed by atoms with Gasteiger partial charge >= 0.3 is 0 Å². The Morgan fingerprint density at radius 2 is 1.61 bits per heavy atom. The van der Waals surface area contributed by atoms with Gasteiger partial charge in [-0.05, 0) is 31.2 Å². The first-order valence-electron chi connectivity index (χ1n) is 7.16. The van der Waals surface area contributed by atoms with Gasteiger partial charge in [-0.25, -0.2) is 0 Å². The van der Waals surface area contributed by atoms with Crippen LogP contribution in [0.5, 0.6) is 11.5 Å². The van der Waals surface area contributed by atoms with Gasteiger partial charge in [0.2, 0.25) is 0 Å². The number of benzene rings is 2. The zero-order valence-electron chi connectivity index (χ0n) is 12.8. The number of para-hydroxylation sites is 1. The third kappa shape index (κ3) is 4.91. The smallest absolute Gasteiger partial charge is 0.130 e. The van der Waals surface area contributed by atoms with E-state index in [9.17, 15) is 0 Å². The van der Waals surface area contributed by atoms with Gasteiger partial charge in [-0.3, -0.25) is 0 Å². The number of rotatable bonds is 6. The molecular formula is C19H16N2O2. The Bertz CT molecular complexity index is 749. The van der Waals surface area contributed by atoms with Crippen molar-refractivity contribution in [3.05, 3.63) is 65.2 Å². The molecule has 0 aromatic heterocycles. The van der Waals surface area contributed by atoms with Gasteiger partial charge in [0, 0.05) is 5.56 Å². The average molecular weight is 304 g/mol. The van der Waals surface area contributed by atoms with E-state index in [4.69, 9.17) is 20.0 Å². The summed E-state index contributed by atoms with van der Waals surface area (Å²) in [4.78, 5) is 0. The normalized spacial score (nSPS) is 9.35. The van der Waals surface area contributed by atoms with E-state index in [0.717, 1.165) is 5.75 Å². The maximum absolute atomic E-state index is 8.84. The van der Waals surface area contributed by atoms with E-state index in [1.807, 2.05) is 55.5 Å². The Labute approximate surface area is 135 Å². The van der Waals surface area contributed by atoms with Crippen LogP contribution in [0, 0.1) is 29.6 Å². The van der Waals surface area contributed by atoms with Gasteiger partial charge in [-0.1, -0.05) is 35.9 Å².